The second-order valence-corrected chi connectivity index (χ2v) is 4.47. The van der Waals surface area contributed by atoms with Crippen molar-refractivity contribution in [2.75, 3.05) is 0 Å². The van der Waals surface area contributed by atoms with Gasteiger partial charge in [-0.15, -0.1) is 0 Å². The maximum Gasteiger partial charge on any atom is 0.360 e. The predicted molar refractivity (Wildman–Crippen MR) is 77.5 cm³/mol. The van der Waals surface area contributed by atoms with Crippen LogP contribution in [-0.2, 0) is 11.3 Å². The van der Waals surface area contributed by atoms with E-state index in [9.17, 15) is 4.79 Å². The molecule has 0 aliphatic rings. The molecule has 0 saturated heterocycles. The zero-order valence-electron chi connectivity index (χ0n) is 11.2. The zero-order chi connectivity index (χ0) is 14.5. The van der Waals surface area contributed by atoms with E-state index in [-0.39, 0.29) is 12.3 Å². The van der Waals surface area contributed by atoms with Crippen molar-refractivity contribution in [1.29, 1.82) is 0 Å². The second kappa shape index (κ2) is 6.05. The van der Waals surface area contributed by atoms with E-state index < -0.39 is 5.97 Å². The molecule has 0 amide bonds. The minimum atomic E-state index is -0.496. The molecule has 0 fully saturated rings. The fraction of sp³-hybridized carbons (Fsp3) is 0.0588. The molecule has 0 N–H and O–H groups in total. The van der Waals surface area contributed by atoms with Gasteiger partial charge in [0.2, 0.25) is 5.89 Å². The lowest BCUT2D eigenvalue weighted by Gasteiger charge is -2.01. The topological polar surface area (TPSA) is 52.3 Å². The fourth-order valence-electron chi connectivity index (χ4n) is 1.88. The largest absolute Gasteiger partial charge is 0.456 e. The van der Waals surface area contributed by atoms with Crippen molar-refractivity contribution in [2.24, 2.45) is 0 Å². The van der Waals surface area contributed by atoms with Crippen LogP contribution in [0, 0.1) is 0 Å². The number of nitrogens with zero attached hydrogens (tertiary/aromatic N) is 1. The summed E-state index contributed by atoms with van der Waals surface area (Å²) in [5.74, 6) is -0.0907. The van der Waals surface area contributed by atoms with Crippen molar-refractivity contribution < 1.29 is 13.9 Å². The van der Waals surface area contributed by atoms with E-state index in [0.717, 1.165) is 11.1 Å². The van der Waals surface area contributed by atoms with Crippen LogP contribution in [0.5, 0.6) is 0 Å². The van der Waals surface area contributed by atoms with Crippen molar-refractivity contribution in [2.45, 2.75) is 6.61 Å². The van der Waals surface area contributed by atoms with Gasteiger partial charge in [-0.05, 0) is 17.7 Å². The summed E-state index contributed by atoms with van der Waals surface area (Å²) in [5, 5.41) is 0. The van der Waals surface area contributed by atoms with Crippen LogP contribution in [0.1, 0.15) is 16.1 Å². The molecule has 1 heterocycles. The van der Waals surface area contributed by atoms with Crippen LogP contribution < -0.4 is 0 Å². The maximum atomic E-state index is 11.9. The Bertz CT molecular complexity index is 720. The summed E-state index contributed by atoms with van der Waals surface area (Å²) >= 11 is 0. The van der Waals surface area contributed by atoms with E-state index in [1.165, 1.54) is 6.26 Å². The third kappa shape index (κ3) is 3.17. The van der Waals surface area contributed by atoms with Crippen LogP contribution in [0.25, 0.3) is 11.5 Å². The first-order valence-corrected chi connectivity index (χ1v) is 6.55. The molecule has 4 heteroatoms. The third-order valence-electron chi connectivity index (χ3n) is 2.95. The molecular formula is C17H13NO3. The van der Waals surface area contributed by atoms with Gasteiger partial charge < -0.3 is 9.15 Å². The number of rotatable bonds is 4. The summed E-state index contributed by atoms with van der Waals surface area (Å²) in [6, 6.07) is 18.9. The number of esters is 1. The van der Waals surface area contributed by atoms with E-state index in [1.54, 1.807) is 0 Å². The van der Waals surface area contributed by atoms with Gasteiger partial charge in [0.25, 0.3) is 0 Å². The number of benzene rings is 2. The van der Waals surface area contributed by atoms with Crippen LogP contribution >= 0.6 is 0 Å². The summed E-state index contributed by atoms with van der Waals surface area (Å²) in [4.78, 5) is 16.1. The average Bonchev–Trinajstić information content (AvgIpc) is 3.04. The number of carbonyl (C=O) groups is 1. The Kier molecular flexibility index (Phi) is 3.78. The highest BCUT2D eigenvalue weighted by Gasteiger charge is 2.14. The van der Waals surface area contributed by atoms with Gasteiger partial charge in [-0.1, -0.05) is 48.5 Å². The molecule has 3 aromatic rings. The van der Waals surface area contributed by atoms with Gasteiger partial charge in [0.1, 0.15) is 12.9 Å². The molecule has 0 aliphatic carbocycles. The lowest BCUT2D eigenvalue weighted by molar-refractivity contribution is 0.0465. The molecule has 0 atom stereocenters. The van der Waals surface area contributed by atoms with Crippen LogP contribution in [-0.4, -0.2) is 11.0 Å². The van der Waals surface area contributed by atoms with Crippen molar-refractivity contribution in [3.8, 4) is 11.5 Å². The molecule has 104 valence electrons. The van der Waals surface area contributed by atoms with Gasteiger partial charge in [-0.2, -0.15) is 0 Å². The molecular weight excluding hydrogens is 266 g/mol. The highest BCUT2D eigenvalue weighted by molar-refractivity contribution is 5.87. The van der Waals surface area contributed by atoms with Crippen LogP contribution in [0.2, 0.25) is 0 Å². The Morgan fingerprint density at radius 2 is 1.67 bits per heavy atom. The van der Waals surface area contributed by atoms with E-state index in [2.05, 4.69) is 4.98 Å². The Hall–Kier alpha value is -2.88. The minimum Gasteiger partial charge on any atom is -0.456 e. The molecule has 0 aliphatic heterocycles. The first kappa shape index (κ1) is 13.1. The monoisotopic (exact) mass is 279 g/mol. The first-order valence-electron chi connectivity index (χ1n) is 6.55. The van der Waals surface area contributed by atoms with E-state index in [4.69, 9.17) is 9.15 Å². The van der Waals surface area contributed by atoms with E-state index in [1.807, 2.05) is 60.7 Å². The number of hydrogen-bond acceptors (Lipinski definition) is 4. The second-order valence-electron chi connectivity index (χ2n) is 4.47. The van der Waals surface area contributed by atoms with Crippen molar-refractivity contribution in [3.05, 3.63) is 78.2 Å². The van der Waals surface area contributed by atoms with Crippen molar-refractivity contribution in [1.82, 2.24) is 4.98 Å². The molecule has 0 unspecified atom stereocenters. The molecule has 0 bridgehead atoms. The Morgan fingerprint density at radius 3 is 2.38 bits per heavy atom. The summed E-state index contributed by atoms with van der Waals surface area (Å²) in [5.41, 5.74) is 1.92. The van der Waals surface area contributed by atoms with E-state index in [0.29, 0.717) is 5.89 Å². The predicted octanol–water partition coefficient (Wildman–Crippen LogP) is 3.70. The summed E-state index contributed by atoms with van der Waals surface area (Å²) < 4.78 is 10.5. The molecule has 4 nitrogen and oxygen atoms in total. The summed E-state index contributed by atoms with van der Waals surface area (Å²) in [6.07, 6.45) is 1.32. The maximum absolute atomic E-state index is 11.9. The van der Waals surface area contributed by atoms with Gasteiger partial charge >= 0.3 is 5.97 Å². The Morgan fingerprint density at radius 1 is 1.00 bits per heavy atom. The van der Waals surface area contributed by atoms with Gasteiger partial charge in [-0.3, -0.25) is 0 Å². The first-order chi connectivity index (χ1) is 10.3. The molecule has 1 aromatic heterocycles. The van der Waals surface area contributed by atoms with Crippen molar-refractivity contribution >= 4 is 5.97 Å². The zero-order valence-corrected chi connectivity index (χ0v) is 11.2. The van der Waals surface area contributed by atoms with Gasteiger partial charge in [0.05, 0.1) is 0 Å². The number of ether oxygens (including phenoxy) is 1. The molecule has 21 heavy (non-hydrogen) atoms. The number of hydrogen-bond donors (Lipinski definition) is 0. The molecule has 0 radical (unpaired) electrons. The normalized spacial score (nSPS) is 10.3. The van der Waals surface area contributed by atoms with Crippen molar-refractivity contribution in [3.63, 3.8) is 0 Å². The molecule has 0 saturated carbocycles. The molecule has 3 rings (SSSR count). The van der Waals surface area contributed by atoms with Crippen LogP contribution in [0.3, 0.4) is 0 Å². The summed E-state index contributed by atoms with van der Waals surface area (Å²) in [7, 11) is 0. The minimum absolute atomic E-state index is 0.171. The van der Waals surface area contributed by atoms with Crippen LogP contribution in [0.4, 0.5) is 0 Å². The lowest BCUT2D eigenvalue weighted by Crippen LogP contribution is -2.05. The quantitative estimate of drug-likeness (QED) is 0.683. The Labute approximate surface area is 122 Å². The Balaban J connectivity index is 1.67. The standard InChI is InChI=1S/C17H13NO3/c19-17(21-11-13-7-3-1-4-8-13)15-12-20-16(18-15)14-9-5-2-6-10-14/h1-10,12H,11H2. The smallest absolute Gasteiger partial charge is 0.360 e. The third-order valence-corrected chi connectivity index (χ3v) is 2.95. The van der Waals surface area contributed by atoms with Gasteiger partial charge in [0.15, 0.2) is 5.69 Å². The number of oxazole rings is 1. The van der Waals surface area contributed by atoms with Gasteiger partial charge in [0, 0.05) is 5.56 Å². The number of carbonyl (C=O) groups excluding carboxylic acids is 1. The lowest BCUT2D eigenvalue weighted by atomic mass is 10.2. The fourth-order valence-corrected chi connectivity index (χ4v) is 1.88. The highest BCUT2D eigenvalue weighted by atomic mass is 16.5. The van der Waals surface area contributed by atoms with E-state index >= 15 is 0 Å². The molecule has 0 spiro atoms. The summed E-state index contributed by atoms with van der Waals surface area (Å²) in [6.45, 7) is 0.215. The average molecular weight is 279 g/mol. The van der Waals surface area contributed by atoms with Gasteiger partial charge in [-0.25, -0.2) is 9.78 Å². The molecule has 2 aromatic carbocycles. The van der Waals surface area contributed by atoms with Crippen LogP contribution in [0.15, 0.2) is 71.3 Å². The highest BCUT2D eigenvalue weighted by Crippen LogP contribution is 2.18. The SMILES string of the molecule is O=C(OCc1ccccc1)c1coc(-c2ccccc2)n1. The number of aromatic nitrogens is 1.